The first-order valence-corrected chi connectivity index (χ1v) is 9.20. The number of aromatic amines is 1. The van der Waals surface area contributed by atoms with Gasteiger partial charge in [-0.15, -0.1) is 0 Å². The molecule has 2 rings (SSSR count). The van der Waals surface area contributed by atoms with Gasteiger partial charge in [-0.25, -0.2) is 4.98 Å². The highest BCUT2D eigenvalue weighted by Gasteiger charge is 2.16. The lowest BCUT2D eigenvalue weighted by atomic mass is 10.2. The number of rotatable bonds is 7. The van der Waals surface area contributed by atoms with E-state index in [2.05, 4.69) is 20.6 Å². The Hall–Kier alpha value is -2.61. The quantitative estimate of drug-likeness (QED) is 0.511. The first kappa shape index (κ1) is 19.7. The summed E-state index contributed by atoms with van der Waals surface area (Å²) in [5.41, 5.74) is 1.79. The Labute approximate surface area is 156 Å². The van der Waals surface area contributed by atoms with Gasteiger partial charge in [-0.1, -0.05) is 25.1 Å². The van der Waals surface area contributed by atoms with Gasteiger partial charge in [0.15, 0.2) is 5.16 Å². The number of hydrogen-bond donors (Lipinski definition) is 3. The van der Waals surface area contributed by atoms with Crippen molar-refractivity contribution in [3.63, 3.8) is 0 Å². The Morgan fingerprint density at radius 3 is 2.38 bits per heavy atom. The summed E-state index contributed by atoms with van der Waals surface area (Å²) in [5.74, 6) is -0.357. The molecule has 7 nitrogen and oxygen atoms in total. The van der Waals surface area contributed by atoms with Crippen molar-refractivity contribution >= 4 is 35.0 Å². The van der Waals surface area contributed by atoms with Gasteiger partial charge in [0.1, 0.15) is 0 Å². The highest BCUT2D eigenvalue weighted by molar-refractivity contribution is 8.00. The summed E-state index contributed by atoms with van der Waals surface area (Å²) >= 11 is 1.20. The van der Waals surface area contributed by atoms with Crippen molar-refractivity contribution in [3.05, 3.63) is 46.4 Å². The van der Waals surface area contributed by atoms with Gasteiger partial charge >= 0.3 is 0 Å². The monoisotopic (exact) mass is 374 g/mol. The van der Waals surface area contributed by atoms with Crippen LogP contribution in [0.15, 0.2) is 40.3 Å². The smallest absolute Gasteiger partial charge is 0.251 e. The molecule has 26 heavy (non-hydrogen) atoms. The summed E-state index contributed by atoms with van der Waals surface area (Å²) in [6.07, 6.45) is 1.61. The second kappa shape index (κ2) is 9.19. The van der Waals surface area contributed by atoms with Crippen molar-refractivity contribution in [1.82, 2.24) is 9.97 Å². The summed E-state index contributed by atoms with van der Waals surface area (Å²) in [6.45, 7) is 5.20. The molecule has 0 bridgehead atoms. The minimum Gasteiger partial charge on any atom is -0.326 e. The minimum absolute atomic E-state index is 0.154. The molecule has 1 aromatic heterocycles. The zero-order valence-corrected chi connectivity index (χ0v) is 15.8. The first-order valence-electron chi connectivity index (χ1n) is 8.32. The summed E-state index contributed by atoms with van der Waals surface area (Å²) in [7, 11) is 0. The van der Waals surface area contributed by atoms with E-state index in [4.69, 9.17) is 0 Å². The van der Waals surface area contributed by atoms with Crippen molar-refractivity contribution in [2.45, 2.75) is 44.0 Å². The molecule has 0 aliphatic carbocycles. The van der Waals surface area contributed by atoms with E-state index >= 15 is 0 Å². The van der Waals surface area contributed by atoms with Crippen LogP contribution in [0, 0.1) is 0 Å². The predicted octanol–water partition coefficient (Wildman–Crippen LogP) is 2.80. The third kappa shape index (κ3) is 6.03. The Morgan fingerprint density at radius 2 is 1.81 bits per heavy atom. The number of aryl methyl sites for hydroxylation is 1. The van der Waals surface area contributed by atoms with E-state index in [0.29, 0.717) is 16.5 Å². The van der Waals surface area contributed by atoms with Crippen LogP contribution in [-0.4, -0.2) is 27.0 Å². The fraction of sp³-hybridized carbons (Fsp3) is 0.333. The number of carbonyl (C=O) groups is 2. The predicted molar refractivity (Wildman–Crippen MR) is 104 cm³/mol. The van der Waals surface area contributed by atoms with Crippen molar-refractivity contribution in [2.24, 2.45) is 0 Å². The molecule has 1 aromatic carbocycles. The Kier molecular flexibility index (Phi) is 6.97. The molecule has 0 aliphatic rings. The van der Waals surface area contributed by atoms with Gasteiger partial charge in [0.2, 0.25) is 11.8 Å². The maximum atomic E-state index is 12.4. The second-order valence-electron chi connectivity index (χ2n) is 5.80. The van der Waals surface area contributed by atoms with Crippen LogP contribution in [0.2, 0.25) is 0 Å². The molecule has 0 radical (unpaired) electrons. The maximum absolute atomic E-state index is 12.4. The van der Waals surface area contributed by atoms with E-state index in [1.807, 2.05) is 6.92 Å². The number of thioether (sulfide) groups is 1. The lowest BCUT2D eigenvalue weighted by molar-refractivity contribution is -0.115. The van der Waals surface area contributed by atoms with Crippen LogP contribution in [0.5, 0.6) is 0 Å². The minimum atomic E-state index is -0.440. The third-order valence-electron chi connectivity index (χ3n) is 3.41. The van der Waals surface area contributed by atoms with E-state index < -0.39 is 5.25 Å². The van der Waals surface area contributed by atoms with E-state index in [9.17, 15) is 14.4 Å². The SMILES string of the molecule is CCCc1cc(=O)[nH]c(SC(C)C(=O)Nc2ccc(NC(C)=O)cc2)n1. The zero-order chi connectivity index (χ0) is 19.1. The molecule has 0 fully saturated rings. The molecule has 1 heterocycles. The van der Waals surface area contributed by atoms with Crippen molar-refractivity contribution in [3.8, 4) is 0 Å². The number of anilines is 2. The van der Waals surface area contributed by atoms with Crippen LogP contribution < -0.4 is 16.2 Å². The van der Waals surface area contributed by atoms with Crippen molar-refractivity contribution in [2.75, 3.05) is 10.6 Å². The van der Waals surface area contributed by atoms with Gasteiger partial charge in [-0.05, 0) is 37.6 Å². The van der Waals surface area contributed by atoms with Gasteiger partial charge in [0, 0.05) is 30.1 Å². The molecule has 1 atom stereocenters. The van der Waals surface area contributed by atoms with Crippen LogP contribution in [0.3, 0.4) is 0 Å². The summed E-state index contributed by atoms with van der Waals surface area (Å²) < 4.78 is 0. The zero-order valence-electron chi connectivity index (χ0n) is 15.0. The largest absolute Gasteiger partial charge is 0.326 e. The van der Waals surface area contributed by atoms with E-state index in [0.717, 1.165) is 18.5 Å². The Morgan fingerprint density at radius 1 is 1.19 bits per heavy atom. The average molecular weight is 374 g/mol. The van der Waals surface area contributed by atoms with Gasteiger partial charge in [-0.3, -0.25) is 14.4 Å². The second-order valence-corrected chi connectivity index (χ2v) is 7.13. The Balaban J connectivity index is 1.99. The lowest BCUT2D eigenvalue weighted by Crippen LogP contribution is -2.23. The van der Waals surface area contributed by atoms with Crippen LogP contribution >= 0.6 is 11.8 Å². The van der Waals surface area contributed by atoms with Gasteiger partial charge in [0.05, 0.1) is 5.25 Å². The normalized spacial score (nSPS) is 11.7. The molecule has 138 valence electrons. The number of carbonyl (C=O) groups excluding carboxylic acids is 2. The summed E-state index contributed by atoms with van der Waals surface area (Å²) in [6, 6.07) is 8.32. The number of H-pyrrole nitrogens is 1. The molecule has 0 spiro atoms. The number of aromatic nitrogens is 2. The molecule has 3 N–H and O–H groups in total. The number of nitrogens with zero attached hydrogens (tertiary/aromatic N) is 1. The molecule has 0 saturated heterocycles. The summed E-state index contributed by atoms with van der Waals surface area (Å²) in [4.78, 5) is 42.1. The number of nitrogens with one attached hydrogen (secondary N) is 3. The highest BCUT2D eigenvalue weighted by atomic mass is 32.2. The van der Waals surface area contributed by atoms with Gasteiger partial charge in [0.25, 0.3) is 5.56 Å². The average Bonchev–Trinajstić information content (AvgIpc) is 2.56. The number of amides is 2. The van der Waals surface area contributed by atoms with Crippen LogP contribution in [0.4, 0.5) is 11.4 Å². The van der Waals surface area contributed by atoms with Gasteiger partial charge in [-0.2, -0.15) is 0 Å². The number of benzene rings is 1. The van der Waals surface area contributed by atoms with Crippen molar-refractivity contribution in [1.29, 1.82) is 0 Å². The molecular formula is C18H22N4O3S. The molecule has 0 saturated carbocycles. The lowest BCUT2D eigenvalue weighted by Gasteiger charge is -2.12. The third-order valence-corrected chi connectivity index (χ3v) is 4.39. The summed E-state index contributed by atoms with van der Waals surface area (Å²) in [5, 5.41) is 5.46. The molecule has 0 aliphatic heterocycles. The van der Waals surface area contributed by atoms with E-state index in [-0.39, 0.29) is 17.4 Å². The van der Waals surface area contributed by atoms with Gasteiger partial charge < -0.3 is 15.6 Å². The fourth-order valence-electron chi connectivity index (χ4n) is 2.23. The maximum Gasteiger partial charge on any atom is 0.251 e. The van der Waals surface area contributed by atoms with Crippen LogP contribution in [0.1, 0.15) is 32.9 Å². The molecule has 2 aromatic rings. The molecule has 2 amide bonds. The van der Waals surface area contributed by atoms with Crippen LogP contribution in [-0.2, 0) is 16.0 Å². The fourth-order valence-corrected chi connectivity index (χ4v) is 3.06. The standard InChI is InChI=1S/C18H22N4O3S/c1-4-5-15-10-16(24)22-18(21-15)26-11(2)17(25)20-14-8-6-13(7-9-14)19-12(3)23/h6-11H,4-5H2,1-3H3,(H,19,23)(H,20,25)(H,21,22,24). The topological polar surface area (TPSA) is 104 Å². The first-order chi connectivity index (χ1) is 12.4. The Bertz CT molecular complexity index is 833. The highest BCUT2D eigenvalue weighted by Crippen LogP contribution is 2.21. The molecular weight excluding hydrogens is 352 g/mol. The van der Waals surface area contributed by atoms with Crippen LogP contribution in [0.25, 0.3) is 0 Å². The molecule has 8 heteroatoms. The molecule has 1 unspecified atom stereocenters. The van der Waals surface area contributed by atoms with E-state index in [1.54, 1.807) is 31.2 Å². The number of hydrogen-bond acceptors (Lipinski definition) is 5. The van der Waals surface area contributed by atoms with Crippen molar-refractivity contribution < 1.29 is 9.59 Å². The van der Waals surface area contributed by atoms with E-state index in [1.165, 1.54) is 24.8 Å².